The van der Waals surface area contributed by atoms with Crippen LogP contribution < -0.4 is 26.2 Å². The number of dihydropyridines is 1. The Balaban J connectivity index is 1.35. The molecule has 0 saturated carbocycles. The molecule has 0 bridgehead atoms. The van der Waals surface area contributed by atoms with Crippen molar-refractivity contribution in [3.63, 3.8) is 0 Å². The third-order valence-electron chi connectivity index (χ3n) is 3.92. The number of nitrogens with one attached hydrogen (secondary N) is 4. The predicted molar refractivity (Wildman–Crippen MR) is 101 cm³/mol. The minimum atomic E-state index is -0.561. The number of para-hydroxylation sites is 1. The Kier molecular flexibility index (Phi) is 4.80. The first-order chi connectivity index (χ1) is 13.3. The molecule has 8 heteroatoms. The maximum atomic E-state index is 12.4. The number of hydrogen-bond donors (Lipinski definition) is 4. The lowest BCUT2D eigenvalue weighted by atomic mass is 10.2. The quantitative estimate of drug-likeness (QED) is 0.642. The molecule has 0 spiro atoms. The van der Waals surface area contributed by atoms with E-state index in [0.29, 0.717) is 23.0 Å². The van der Waals surface area contributed by atoms with Crippen molar-refractivity contribution in [3.8, 4) is 11.6 Å². The van der Waals surface area contributed by atoms with Crippen molar-refractivity contribution in [1.82, 2.24) is 26.5 Å². The maximum absolute atomic E-state index is 12.4. The molecule has 0 saturated heterocycles. The molecule has 8 nitrogen and oxygen atoms in total. The Hall–Kier alpha value is -3.65. The van der Waals surface area contributed by atoms with Crippen LogP contribution in [0, 0.1) is 0 Å². The summed E-state index contributed by atoms with van der Waals surface area (Å²) < 4.78 is 5.62. The van der Waals surface area contributed by atoms with Gasteiger partial charge in [0.1, 0.15) is 17.6 Å². The second kappa shape index (κ2) is 7.71. The van der Waals surface area contributed by atoms with Gasteiger partial charge in [0.2, 0.25) is 5.88 Å². The lowest BCUT2D eigenvalue weighted by molar-refractivity contribution is 0.0932. The summed E-state index contributed by atoms with van der Waals surface area (Å²) in [5, 5.41) is 5.94. The number of hydrazine groups is 1. The number of hydrogen-bond acceptors (Lipinski definition) is 7. The summed E-state index contributed by atoms with van der Waals surface area (Å²) in [6, 6.07) is 12.6. The molecule has 2 atom stereocenters. The molecule has 2 aromatic rings. The Labute approximate surface area is 156 Å². The number of nitrogens with zero attached hydrogens (tertiary/aromatic N) is 2. The number of allylic oxidation sites excluding steroid dienone is 2. The first-order valence-corrected chi connectivity index (χ1v) is 8.46. The van der Waals surface area contributed by atoms with Crippen LogP contribution in [-0.2, 0) is 0 Å². The maximum Gasteiger partial charge on any atom is 0.255 e. The van der Waals surface area contributed by atoms with E-state index in [-0.39, 0.29) is 11.9 Å². The van der Waals surface area contributed by atoms with E-state index in [2.05, 4.69) is 31.5 Å². The van der Waals surface area contributed by atoms with Gasteiger partial charge in [-0.05, 0) is 30.5 Å². The van der Waals surface area contributed by atoms with Crippen LogP contribution in [0.15, 0.2) is 78.1 Å². The number of carbonyl (C=O) groups is 1. The van der Waals surface area contributed by atoms with Gasteiger partial charge in [-0.2, -0.15) is 5.43 Å². The largest absolute Gasteiger partial charge is 0.439 e. The van der Waals surface area contributed by atoms with Crippen molar-refractivity contribution >= 4 is 11.7 Å². The number of rotatable bonds is 5. The summed E-state index contributed by atoms with van der Waals surface area (Å²) in [7, 11) is 0. The van der Waals surface area contributed by atoms with Gasteiger partial charge in [0.25, 0.3) is 5.91 Å². The SMILES string of the molecule is O=C(NC1N=C(C2C=CC=CN2)NN1)c1ccc(Oc2ccccc2)nc1. The first kappa shape index (κ1) is 16.8. The summed E-state index contributed by atoms with van der Waals surface area (Å²) in [5.74, 6) is 1.52. The molecule has 0 radical (unpaired) electrons. The van der Waals surface area contributed by atoms with Gasteiger partial charge in [0.15, 0.2) is 6.29 Å². The lowest BCUT2D eigenvalue weighted by Crippen LogP contribution is -2.48. The monoisotopic (exact) mass is 362 g/mol. The summed E-state index contributed by atoms with van der Waals surface area (Å²) in [5.41, 5.74) is 6.31. The van der Waals surface area contributed by atoms with Crippen LogP contribution in [0.2, 0.25) is 0 Å². The van der Waals surface area contributed by atoms with E-state index in [9.17, 15) is 4.79 Å². The molecule has 0 aliphatic carbocycles. The van der Waals surface area contributed by atoms with Gasteiger partial charge in [0.05, 0.1) is 5.56 Å². The number of amidine groups is 1. The van der Waals surface area contributed by atoms with Crippen molar-refractivity contribution in [3.05, 3.63) is 78.7 Å². The van der Waals surface area contributed by atoms with Gasteiger partial charge >= 0.3 is 0 Å². The highest BCUT2D eigenvalue weighted by atomic mass is 16.5. The highest BCUT2D eigenvalue weighted by Crippen LogP contribution is 2.18. The number of ether oxygens (including phenoxy) is 1. The Morgan fingerprint density at radius 3 is 2.74 bits per heavy atom. The average Bonchev–Trinajstić information content (AvgIpc) is 3.18. The molecule has 136 valence electrons. The number of carbonyl (C=O) groups excluding carboxylic acids is 1. The number of pyridine rings is 1. The van der Waals surface area contributed by atoms with Crippen LogP contribution in [0.4, 0.5) is 0 Å². The normalized spacial score (nSPS) is 20.4. The zero-order valence-electron chi connectivity index (χ0n) is 14.3. The predicted octanol–water partition coefficient (Wildman–Crippen LogP) is 1.44. The number of benzene rings is 1. The van der Waals surface area contributed by atoms with Crippen LogP contribution in [0.25, 0.3) is 0 Å². The summed E-state index contributed by atoms with van der Waals surface area (Å²) in [6.45, 7) is 0. The molecule has 4 rings (SSSR count). The molecular formula is C19H18N6O2. The van der Waals surface area contributed by atoms with Crippen LogP contribution in [0.1, 0.15) is 10.4 Å². The van der Waals surface area contributed by atoms with E-state index in [1.54, 1.807) is 12.1 Å². The van der Waals surface area contributed by atoms with E-state index in [1.165, 1.54) is 6.20 Å². The molecule has 2 unspecified atom stereocenters. The van der Waals surface area contributed by atoms with Crippen molar-refractivity contribution < 1.29 is 9.53 Å². The number of aromatic nitrogens is 1. The Morgan fingerprint density at radius 2 is 2.00 bits per heavy atom. The highest BCUT2D eigenvalue weighted by molar-refractivity contribution is 5.95. The zero-order valence-corrected chi connectivity index (χ0v) is 14.3. The van der Waals surface area contributed by atoms with E-state index in [4.69, 9.17) is 4.74 Å². The molecule has 4 N–H and O–H groups in total. The highest BCUT2D eigenvalue weighted by Gasteiger charge is 2.23. The minimum Gasteiger partial charge on any atom is -0.439 e. The molecule has 0 fully saturated rings. The smallest absolute Gasteiger partial charge is 0.255 e. The van der Waals surface area contributed by atoms with Gasteiger partial charge in [-0.1, -0.05) is 30.4 Å². The fourth-order valence-corrected chi connectivity index (χ4v) is 2.58. The average molecular weight is 362 g/mol. The zero-order chi connectivity index (χ0) is 18.5. The first-order valence-electron chi connectivity index (χ1n) is 8.46. The minimum absolute atomic E-state index is 0.0551. The van der Waals surface area contributed by atoms with Crippen molar-refractivity contribution in [1.29, 1.82) is 0 Å². The van der Waals surface area contributed by atoms with Gasteiger partial charge in [-0.15, -0.1) is 0 Å². The molecular weight excluding hydrogens is 344 g/mol. The van der Waals surface area contributed by atoms with Gasteiger partial charge in [0, 0.05) is 12.3 Å². The summed E-state index contributed by atoms with van der Waals surface area (Å²) in [4.78, 5) is 21.0. The molecule has 3 heterocycles. The second-order valence-electron chi connectivity index (χ2n) is 5.85. The van der Waals surface area contributed by atoms with E-state index < -0.39 is 6.29 Å². The standard InChI is InChI=1S/C19H18N6O2/c26-18(23-19-22-17(24-25-19)15-8-4-5-11-20-15)13-9-10-16(21-12-13)27-14-6-2-1-3-7-14/h1-12,15,19-20,25H,(H,22,24)(H,23,26). The fraction of sp³-hybridized carbons (Fsp3) is 0.105. The van der Waals surface area contributed by atoms with Gasteiger partial charge in [-0.3, -0.25) is 4.79 Å². The van der Waals surface area contributed by atoms with E-state index in [1.807, 2.05) is 54.8 Å². The van der Waals surface area contributed by atoms with Gasteiger partial charge in [-0.25, -0.2) is 9.98 Å². The van der Waals surface area contributed by atoms with Crippen LogP contribution >= 0.6 is 0 Å². The molecule has 1 aromatic heterocycles. The third-order valence-corrected chi connectivity index (χ3v) is 3.92. The second-order valence-corrected chi connectivity index (χ2v) is 5.85. The van der Waals surface area contributed by atoms with Crippen LogP contribution in [0.5, 0.6) is 11.6 Å². The molecule has 27 heavy (non-hydrogen) atoms. The van der Waals surface area contributed by atoms with Crippen molar-refractivity contribution in [2.24, 2.45) is 4.99 Å². The molecule has 1 aromatic carbocycles. The Morgan fingerprint density at radius 1 is 1.11 bits per heavy atom. The van der Waals surface area contributed by atoms with E-state index in [0.717, 1.165) is 0 Å². The van der Waals surface area contributed by atoms with Crippen LogP contribution in [-0.4, -0.2) is 29.1 Å². The van der Waals surface area contributed by atoms with Crippen molar-refractivity contribution in [2.45, 2.75) is 12.3 Å². The molecule has 1 amide bonds. The lowest BCUT2D eigenvalue weighted by Gasteiger charge is -2.14. The van der Waals surface area contributed by atoms with Crippen molar-refractivity contribution in [2.75, 3.05) is 0 Å². The molecule has 2 aliphatic heterocycles. The Bertz CT molecular complexity index is 892. The summed E-state index contributed by atoms with van der Waals surface area (Å²) >= 11 is 0. The van der Waals surface area contributed by atoms with Crippen LogP contribution in [0.3, 0.4) is 0 Å². The number of amides is 1. The number of aliphatic imine (C=N–C) groups is 1. The molecule has 2 aliphatic rings. The summed E-state index contributed by atoms with van der Waals surface area (Å²) in [6.07, 6.45) is 8.54. The van der Waals surface area contributed by atoms with Gasteiger partial charge < -0.3 is 20.8 Å². The fourth-order valence-electron chi connectivity index (χ4n) is 2.58. The third kappa shape index (κ3) is 4.13. The van der Waals surface area contributed by atoms with E-state index >= 15 is 0 Å². The topological polar surface area (TPSA) is 99.7 Å².